The van der Waals surface area contributed by atoms with Crippen molar-refractivity contribution in [3.63, 3.8) is 0 Å². The van der Waals surface area contributed by atoms with Gasteiger partial charge in [0.05, 0.1) is 11.2 Å². The Kier molecular flexibility index (Phi) is 4.32. The molecule has 1 saturated heterocycles. The molecular formula is C19H19ClN4. The molecule has 0 unspecified atom stereocenters. The lowest BCUT2D eigenvalue weighted by atomic mass is 10.1. The van der Waals surface area contributed by atoms with Crippen molar-refractivity contribution in [2.24, 2.45) is 0 Å². The summed E-state index contributed by atoms with van der Waals surface area (Å²) >= 11 is 6.18. The zero-order valence-corrected chi connectivity index (χ0v) is 14.2. The average Bonchev–Trinajstić information content (AvgIpc) is 2.63. The van der Waals surface area contributed by atoms with Gasteiger partial charge in [-0.2, -0.15) is 0 Å². The molecule has 0 saturated carbocycles. The van der Waals surface area contributed by atoms with E-state index in [0.717, 1.165) is 54.3 Å². The van der Waals surface area contributed by atoms with E-state index in [1.54, 1.807) is 0 Å². The number of aromatic nitrogens is 2. The summed E-state index contributed by atoms with van der Waals surface area (Å²) in [5.41, 5.74) is 3.35. The summed E-state index contributed by atoms with van der Waals surface area (Å²) in [7, 11) is 0. The minimum absolute atomic E-state index is 0.755. The summed E-state index contributed by atoms with van der Waals surface area (Å²) in [5.74, 6) is 0. The Morgan fingerprint density at radius 2 is 1.79 bits per heavy atom. The number of nitrogens with zero attached hydrogens (tertiary/aromatic N) is 4. The fraction of sp³-hybridized carbons (Fsp3) is 0.263. The molecule has 1 aromatic carbocycles. The van der Waals surface area contributed by atoms with Crippen LogP contribution in [0.1, 0.15) is 5.69 Å². The van der Waals surface area contributed by atoms with Gasteiger partial charge in [-0.15, -0.1) is 0 Å². The predicted octanol–water partition coefficient (Wildman–Crippen LogP) is 3.61. The Hall–Kier alpha value is -2.17. The highest BCUT2D eigenvalue weighted by atomic mass is 35.5. The van der Waals surface area contributed by atoms with E-state index in [9.17, 15) is 0 Å². The zero-order chi connectivity index (χ0) is 16.4. The normalized spacial score (nSPS) is 15.8. The molecule has 1 aliphatic rings. The van der Waals surface area contributed by atoms with Crippen molar-refractivity contribution in [1.29, 1.82) is 0 Å². The maximum Gasteiger partial charge on any atom is 0.0723 e. The highest BCUT2D eigenvalue weighted by Crippen LogP contribution is 2.28. The standard InChI is InChI=1S/C19H19ClN4/c20-15-4-5-18-17(13-15)19(6-8-22-18)24-11-9-23(10-12-24)14-16-3-1-2-7-21-16/h1-8,13H,9-12,14H2. The van der Waals surface area contributed by atoms with Crippen LogP contribution >= 0.6 is 11.6 Å². The van der Waals surface area contributed by atoms with Crippen LogP contribution in [0, 0.1) is 0 Å². The first kappa shape index (κ1) is 15.4. The van der Waals surface area contributed by atoms with Crippen molar-refractivity contribution in [1.82, 2.24) is 14.9 Å². The van der Waals surface area contributed by atoms with Crippen LogP contribution in [0.15, 0.2) is 54.9 Å². The molecule has 122 valence electrons. The second kappa shape index (κ2) is 6.75. The number of piperazine rings is 1. The smallest absolute Gasteiger partial charge is 0.0723 e. The number of fused-ring (bicyclic) bond motifs is 1. The van der Waals surface area contributed by atoms with Gasteiger partial charge in [-0.1, -0.05) is 17.7 Å². The average molecular weight is 339 g/mol. The molecule has 2 aromatic heterocycles. The molecule has 4 nitrogen and oxygen atoms in total. The predicted molar refractivity (Wildman–Crippen MR) is 98.5 cm³/mol. The monoisotopic (exact) mass is 338 g/mol. The third-order valence-electron chi connectivity index (χ3n) is 4.51. The molecule has 1 fully saturated rings. The van der Waals surface area contributed by atoms with E-state index in [1.807, 2.05) is 42.7 Å². The van der Waals surface area contributed by atoms with Crippen LogP contribution in [0.25, 0.3) is 10.9 Å². The van der Waals surface area contributed by atoms with Gasteiger partial charge in [-0.05, 0) is 36.4 Å². The van der Waals surface area contributed by atoms with E-state index in [-0.39, 0.29) is 0 Å². The largest absolute Gasteiger partial charge is 0.368 e. The summed E-state index contributed by atoms with van der Waals surface area (Å²) in [4.78, 5) is 13.7. The minimum atomic E-state index is 0.755. The Morgan fingerprint density at radius 1 is 0.917 bits per heavy atom. The van der Waals surface area contributed by atoms with E-state index in [4.69, 9.17) is 11.6 Å². The number of hydrogen-bond donors (Lipinski definition) is 0. The number of benzene rings is 1. The maximum absolute atomic E-state index is 6.18. The van der Waals surface area contributed by atoms with Gasteiger partial charge >= 0.3 is 0 Å². The van der Waals surface area contributed by atoms with Crippen molar-refractivity contribution in [3.8, 4) is 0 Å². The van der Waals surface area contributed by atoms with Crippen LogP contribution in [0.5, 0.6) is 0 Å². The molecule has 0 atom stereocenters. The number of halogens is 1. The van der Waals surface area contributed by atoms with E-state index in [1.165, 1.54) is 5.69 Å². The molecule has 0 N–H and O–H groups in total. The Balaban J connectivity index is 1.49. The van der Waals surface area contributed by atoms with Gasteiger partial charge < -0.3 is 4.90 Å². The van der Waals surface area contributed by atoms with Crippen LogP contribution in [0.4, 0.5) is 5.69 Å². The molecular weight excluding hydrogens is 320 g/mol. The van der Waals surface area contributed by atoms with Crippen LogP contribution in [-0.4, -0.2) is 41.0 Å². The molecule has 0 bridgehead atoms. The van der Waals surface area contributed by atoms with Gasteiger partial charge in [0.15, 0.2) is 0 Å². The summed E-state index contributed by atoms with van der Waals surface area (Å²) in [6, 6.07) is 14.1. The van der Waals surface area contributed by atoms with Crippen molar-refractivity contribution in [3.05, 3.63) is 65.6 Å². The first-order chi connectivity index (χ1) is 11.8. The molecule has 3 aromatic rings. The fourth-order valence-electron chi connectivity index (χ4n) is 3.25. The SMILES string of the molecule is Clc1ccc2nccc(N3CCN(Cc4ccccn4)CC3)c2c1. The first-order valence-electron chi connectivity index (χ1n) is 8.21. The summed E-state index contributed by atoms with van der Waals surface area (Å²) < 4.78 is 0. The van der Waals surface area contributed by atoms with Crippen LogP contribution in [-0.2, 0) is 6.54 Å². The quantitative estimate of drug-likeness (QED) is 0.730. The summed E-state index contributed by atoms with van der Waals surface area (Å²) in [6.07, 6.45) is 3.74. The van der Waals surface area contributed by atoms with Crippen molar-refractivity contribution < 1.29 is 0 Å². The second-order valence-electron chi connectivity index (χ2n) is 6.08. The van der Waals surface area contributed by atoms with E-state index >= 15 is 0 Å². The molecule has 0 spiro atoms. The first-order valence-corrected chi connectivity index (χ1v) is 8.59. The highest BCUT2D eigenvalue weighted by molar-refractivity contribution is 6.31. The fourth-order valence-corrected chi connectivity index (χ4v) is 3.42. The van der Waals surface area contributed by atoms with Crippen LogP contribution in [0.3, 0.4) is 0 Å². The Bertz CT molecular complexity index is 829. The number of rotatable bonds is 3. The third kappa shape index (κ3) is 3.21. The molecule has 4 rings (SSSR count). The number of hydrogen-bond acceptors (Lipinski definition) is 4. The lowest BCUT2D eigenvalue weighted by molar-refractivity contribution is 0.247. The van der Waals surface area contributed by atoms with Crippen molar-refractivity contribution in [2.75, 3.05) is 31.1 Å². The zero-order valence-electron chi connectivity index (χ0n) is 13.4. The van der Waals surface area contributed by atoms with E-state index < -0.39 is 0 Å². The molecule has 0 radical (unpaired) electrons. The number of anilines is 1. The molecule has 1 aliphatic heterocycles. The van der Waals surface area contributed by atoms with Crippen molar-refractivity contribution >= 4 is 28.2 Å². The Labute approximate surface area is 146 Å². The van der Waals surface area contributed by atoms with Gasteiger partial charge in [-0.25, -0.2) is 0 Å². The van der Waals surface area contributed by atoms with Crippen molar-refractivity contribution in [2.45, 2.75) is 6.54 Å². The Morgan fingerprint density at radius 3 is 2.58 bits per heavy atom. The lowest BCUT2D eigenvalue weighted by Crippen LogP contribution is -2.46. The molecule has 5 heteroatoms. The molecule has 3 heterocycles. The molecule has 0 amide bonds. The molecule has 0 aliphatic carbocycles. The van der Waals surface area contributed by atoms with E-state index in [2.05, 4.69) is 31.9 Å². The van der Waals surface area contributed by atoms with E-state index in [0.29, 0.717) is 0 Å². The van der Waals surface area contributed by atoms with Crippen LogP contribution < -0.4 is 4.90 Å². The minimum Gasteiger partial charge on any atom is -0.368 e. The summed E-state index contributed by atoms with van der Waals surface area (Å²) in [5, 5.41) is 1.88. The molecule has 24 heavy (non-hydrogen) atoms. The number of pyridine rings is 2. The lowest BCUT2D eigenvalue weighted by Gasteiger charge is -2.36. The van der Waals surface area contributed by atoms with Gasteiger partial charge in [0.2, 0.25) is 0 Å². The second-order valence-corrected chi connectivity index (χ2v) is 6.51. The van der Waals surface area contributed by atoms with Gasteiger partial charge in [0, 0.05) is 61.2 Å². The highest BCUT2D eigenvalue weighted by Gasteiger charge is 2.19. The third-order valence-corrected chi connectivity index (χ3v) is 4.74. The topological polar surface area (TPSA) is 32.3 Å². The van der Waals surface area contributed by atoms with Gasteiger partial charge in [-0.3, -0.25) is 14.9 Å². The van der Waals surface area contributed by atoms with Crippen LogP contribution in [0.2, 0.25) is 5.02 Å². The van der Waals surface area contributed by atoms with Gasteiger partial charge in [0.1, 0.15) is 0 Å². The summed E-state index contributed by atoms with van der Waals surface area (Å²) in [6.45, 7) is 4.97. The van der Waals surface area contributed by atoms with Gasteiger partial charge in [0.25, 0.3) is 0 Å². The maximum atomic E-state index is 6.18.